The SMILES string of the molecule is O=c1c(=Cc2ccc(-c3ccc(F)cc3)o2)sc2nc(C3COc4ccccc4O3)nn12. The Morgan fingerprint density at radius 2 is 1.88 bits per heavy atom. The van der Waals surface area contributed by atoms with Crippen LogP contribution >= 0.6 is 11.3 Å². The number of furan rings is 1. The smallest absolute Gasteiger partial charge is 0.291 e. The normalized spacial score (nSPS) is 16.0. The number of para-hydroxylation sites is 2. The Bertz CT molecular complexity index is 1550. The van der Waals surface area contributed by atoms with Gasteiger partial charge in [0.15, 0.2) is 23.4 Å². The number of nitrogens with zero attached hydrogens (tertiary/aromatic N) is 3. The molecular weight excluding hydrogens is 433 g/mol. The van der Waals surface area contributed by atoms with Gasteiger partial charge in [0.25, 0.3) is 5.56 Å². The van der Waals surface area contributed by atoms with Gasteiger partial charge in [-0.3, -0.25) is 4.79 Å². The first-order valence-electron chi connectivity index (χ1n) is 9.79. The Kier molecular flexibility index (Phi) is 4.29. The van der Waals surface area contributed by atoms with Crippen LogP contribution in [0.5, 0.6) is 11.5 Å². The molecule has 0 fully saturated rings. The topological polar surface area (TPSA) is 78.9 Å². The van der Waals surface area contributed by atoms with Crippen molar-refractivity contribution in [2.45, 2.75) is 6.10 Å². The summed E-state index contributed by atoms with van der Waals surface area (Å²) in [7, 11) is 0. The molecule has 32 heavy (non-hydrogen) atoms. The summed E-state index contributed by atoms with van der Waals surface area (Å²) in [6.45, 7) is 0.264. The Morgan fingerprint density at radius 1 is 1.06 bits per heavy atom. The van der Waals surface area contributed by atoms with Crippen molar-refractivity contribution in [3.63, 3.8) is 0 Å². The summed E-state index contributed by atoms with van der Waals surface area (Å²) in [6, 6.07) is 16.9. The van der Waals surface area contributed by atoms with Gasteiger partial charge in [-0.15, -0.1) is 5.10 Å². The lowest BCUT2D eigenvalue weighted by molar-refractivity contribution is 0.0852. The summed E-state index contributed by atoms with van der Waals surface area (Å²) in [5.41, 5.74) is 0.456. The van der Waals surface area contributed by atoms with Gasteiger partial charge in [-0.05, 0) is 48.5 Å². The first-order chi connectivity index (χ1) is 15.6. The van der Waals surface area contributed by atoms with E-state index in [-0.39, 0.29) is 18.0 Å². The molecule has 5 aromatic rings. The highest BCUT2D eigenvalue weighted by Crippen LogP contribution is 2.35. The average molecular weight is 447 g/mol. The van der Waals surface area contributed by atoms with Crippen LogP contribution in [0.1, 0.15) is 17.7 Å². The fourth-order valence-corrected chi connectivity index (χ4v) is 4.36. The third-order valence-corrected chi connectivity index (χ3v) is 5.98. The van der Waals surface area contributed by atoms with Gasteiger partial charge in [0.1, 0.15) is 28.5 Å². The van der Waals surface area contributed by atoms with Crippen LogP contribution < -0.4 is 19.6 Å². The molecule has 0 saturated heterocycles. The largest absolute Gasteiger partial charge is 0.485 e. The summed E-state index contributed by atoms with van der Waals surface area (Å²) in [6.07, 6.45) is 1.15. The van der Waals surface area contributed by atoms with Gasteiger partial charge in [0.05, 0.1) is 0 Å². The van der Waals surface area contributed by atoms with Crippen LogP contribution in [0.4, 0.5) is 4.39 Å². The quantitative estimate of drug-likeness (QED) is 0.421. The van der Waals surface area contributed by atoms with E-state index in [4.69, 9.17) is 13.9 Å². The number of rotatable bonds is 3. The van der Waals surface area contributed by atoms with Crippen molar-refractivity contribution in [1.82, 2.24) is 14.6 Å². The van der Waals surface area contributed by atoms with Crippen molar-refractivity contribution in [3.05, 3.63) is 93.0 Å². The van der Waals surface area contributed by atoms with E-state index in [2.05, 4.69) is 10.1 Å². The minimum absolute atomic E-state index is 0.264. The maximum Gasteiger partial charge on any atom is 0.291 e. The molecule has 7 nitrogen and oxygen atoms in total. The molecular formula is C23H14FN3O4S. The van der Waals surface area contributed by atoms with Crippen LogP contribution in [-0.2, 0) is 0 Å². The van der Waals surface area contributed by atoms with Crippen LogP contribution in [0.15, 0.2) is 69.9 Å². The predicted molar refractivity (Wildman–Crippen MR) is 115 cm³/mol. The number of benzene rings is 2. The number of hydrogen-bond donors (Lipinski definition) is 0. The second-order valence-corrected chi connectivity index (χ2v) is 8.16. The van der Waals surface area contributed by atoms with Gasteiger partial charge >= 0.3 is 0 Å². The van der Waals surface area contributed by atoms with E-state index in [0.717, 1.165) is 5.56 Å². The molecule has 0 amide bonds. The molecule has 1 aliphatic rings. The van der Waals surface area contributed by atoms with Gasteiger partial charge in [0.2, 0.25) is 4.96 Å². The first-order valence-corrected chi connectivity index (χ1v) is 10.6. The molecule has 1 aliphatic heterocycles. The minimum atomic E-state index is -0.493. The molecule has 2 aromatic carbocycles. The number of thiazole rings is 1. The number of hydrogen-bond acceptors (Lipinski definition) is 7. The fraction of sp³-hybridized carbons (Fsp3) is 0.0870. The highest BCUT2D eigenvalue weighted by atomic mass is 32.1. The lowest BCUT2D eigenvalue weighted by atomic mass is 10.2. The third kappa shape index (κ3) is 3.23. The third-order valence-electron chi connectivity index (χ3n) is 5.02. The molecule has 1 atom stereocenters. The molecule has 6 rings (SSSR count). The predicted octanol–water partition coefficient (Wildman–Crippen LogP) is 3.61. The van der Waals surface area contributed by atoms with Gasteiger partial charge in [-0.2, -0.15) is 9.50 Å². The molecule has 1 unspecified atom stereocenters. The van der Waals surface area contributed by atoms with Crippen LogP contribution in [-0.4, -0.2) is 21.2 Å². The zero-order chi connectivity index (χ0) is 21.7. The zero-order valence-corrected chi connectivity index (χ0v) is 17.2. The molecule has 0 aliphatic carbocycles. The fourth-order valence-electron chi connectivity index (χ4n) is 3.46. The highest BCUT2D eigenvalue weighted by molar-refractivity contribution is 7.15. The molecule has 0 radical (unpaired) electrons. The van der Waals surface area contributed by atoms with E-state index in [1.807, 2.05) is 24.3 Å². The lowest BCUT2D eigenvalue weighted by Gasteiger charge is -2.24. The Balaban J connectivity index is 1.30. The highest BCUT2D eigenvalue weighted by Gasteiger charge is 2.27. The maximum absolute atomic E-state index is 13.1. The number of halogens is 1. The minimum Gasteiger partial charge on any atom is -0.485 e. The van der Waals surface area contributed by atoms with E-state index in [9.17, 15) is 9.18 Å². The van der Waals surface area contributed by atoms with E-state index in [0.29, 0.717) is 38.3 Å². The number of aromatic nitrogens is 3. The van der Waals surface area contributed by atoms with Gasteiger partial charge in [-0.1, -0.05) is 23.5 Å². The van der Waals surface area contributed by atoms with Gasteiger partial charge in [0, 0.05) is 11.6 Å². The Labute approximate surface area is 184 Å². The monoisotopic (exact) mass is 447 g/mol. The molecule has 0 saturated carbocycles. The van der Waals surface area contributed by atoms with Crippen molar-refractivity contribution in [2.24, 2.45) is 0 Å². The van der Waals surface area contributed by atoms with Crippen molar-refractivity contribution < 1.29 is 18.3 Å². The Morgan fingerprint density at radius 3 is 2.69 bits per heavy atom. The summed E-state index contributed by atoms with van der Waals surface area (Å²) in [5.74, 6) is 2.46. The molecule has 3 aromatic heterocycles. The van der Waals surface area contributed by atoms with Crippen LogP contribution in [0.25, 0.3) is 22.4 Å². The van der Waals surface area contributed by atoms with Crippen LogP contribution in [0.3, 0.4) is 0 Å². The molecule has 9 heteroatoms. The van der Waals surface area contributed by atoms with Crippen molar-refractivity contribution in [3.8, 4) is 22.8 Å². The lowest BCUT2D eigenvalue weighted by Crippen LogP contribution is -2.26. The standard InChI is InChI=1S/C23H14FN3O4S/c24-14-7-5-13(6-8-14)16-10-9-15(30-16)11-20-22(28)27-23(32-20)25-21(26-27)19-12-29-17-3-1-2-4-18(17)31-19/h1-11,19H,12H2. The molecule has 0 bridgehead atoms. The molecule has 0 spiro atoms. The van der Waals surface area contributed by atoms with E-state index in [1.54, 1.807) is 30.3 Å². The summed E-state index contributed by atoms with van der Waals surface area (Å²) in [4.78, 5) is 17.8. The number of ether oxygens (including phenoxy) is 2. The van der Waals surface area contributed by atoms with Gasteiger partial charge < -0.3 is 13.9 Å². The second kappa shape index (κ2) is 7.31. The summed E-state index contributed by atoms with van der Waals surface area (Å²) in [5, 5.41) is 4.34. The van der Waals surface area contributed by atoms with Gasteiger partial charge in [-0.25, -0.2) is 4.39 Å². The van der Waals surface area contributed by atoms with Crippen molar-refractivity contribution >= 4 is 22.4 Å². The maximum atomic E-state index is 13.1. The van der Waals surface area contributed by atoms with Crippen molar-refractivity contribution in [1.29, 1.82) is 0 Å². The van der Waals surface area contributed by atoms with E-state index in [1.165, 1.54) is 28.0 Å². The number of fused-ring (bicyclic) bond motifs is 2. The summed E-state index contributed by atoms with van der Waals surface area (Å²) >= 11 is 1.21. The second-order valence-electron chi connectivity index (χ2n) is 7.15. The van der Waals surface area contributed by atoms with E-state index >= 15 is 0 Å². The molecule has 158 valence electrons. The van der Waals surface area contributed by atoms with Crippen LogP contribution in [0, 0.1) is 5.82 Å². The molecule has 4 heterocycles. The first kappa shape index (κ1) is 18.8. The average Bonchev–Trinajstić information content (AvgIpc) is 3.52. The zero-order valence-electron chi connectivity index (χ0n) is 16.4. The Hall–Kier alpha value is -3.98. The van der Waals surface area contributed by atoms with E-state index < -0.39 is 6.10 Å². The summed E-state index contributed by atoms with van der Waals surface area (Å²) < 4.78 is 32.3. The van der Waals surface area contributed by atoms with Crippen LogP contribution in [0.2, 0.25) is 0 Å². The molecule has 0 N–H and O–H groups in total. The van der Waals surface area contributed by atoms with Crippen molar-refractivity contribution in [2.75, 3.05) is 6.61 Å².